The average Bonchev–Trinajstić information content (AvgIpc) is 2.89. The van der Waals surface area contributed by atoms with Gasteiger partial charge >= 0.3 is 0 Å². The van der Waals surface area contributed by atoms with Crippen molar-refractivity contribution in [3.63, 3.8) is 0 Å². The third kappa shape index (κ3) is 2.85. The molecule has 3 rings (SSSR count). The predicted molar refractivity (Wildman–Crippen MR) is 90.9 cm³/mol. The highest BCUT2D eigenvalue weighted by atomic mass is 35.5. The van der Waals surface area contributed by atoms with E-state index >= 15 is 0 Å². The summed E-state index contributed by atoms with van der Waals surface area (Å²) in [4.78, 5) is 0. The Hall–Kier alpha value is -1.91. The lowest BCUT2D eigenvalue weighted by Crippen LogP contribution is -2.19. The van der Waals surface area contributed by atoms with Crippen LogP contribution in [-0.2, 0) is 0 Å². The van der Waals surface area contributed by atoms with Gasteiger partial charge in [-0.15, -0.1) is 0 Å². The Morgan fingerprint density at radius 1 is 1.18 bits per heavy atom. The van der Waals surface area contributed by atoms with E-state index in [1.807, 2.05) is 35.3 Å². The predicted octanol–water partition coefficient (Wildman–Crippen LogP) is 4.23. The molecule has 1 unspecified atom stereocenters. The molecule has 4 nitrogen and oxygen atoms in total. The van der Waals surface area contributed by atoms with Crippen LogP contribution < -0.4 is 15.5 Å². The molecule has 2 aromatic rings. The number of hydrogen-bond donors (Lipinski definition) is 1. The molecule has 0 radical (unpaired) electrons. The Morgan fingerprint density at radius 2 is 1.91 bits per heavy atom. The van der Waals surface area contributed by atoms with Gasteiger partial charge in [0, 0.05) is 11.4 Å². The van der Waals surface area contributed by atoms with E-state index in [0.29, 0.717) is 22.3 Å². The minimum absolute atomic E-state index is 0.00424. The molecule has 6 heteroatoms. The van der Waals surface area contributed by atoms with Crippen LogP contribution in [0.15, 0.2) is 47.6 Å². The molecule has 0 bridgehead atoms. The molecular weight excluding hydrogens is 321 g/mol. The summed E-state index contributed by atoms with van der Waals surface area (Å²) in [6.07, 6.45) is 0.644. The van der Waals surface area contributed by atoms with Gasteiger partial charge in [0.25, 0.3) is 0 Å². The number of ether oxygens (including phenoxy) is 1. The normalized spacial score (nSPS) is 17.5. The third-order valence-electron chi connectivity index (χ3n) is 3.59. The molecule has 22 heavy (non-hydrogen) atoms. The van der Waals surface area contributed by atoms with Crippen molar-refractivity contribution in [3.8, 4) is 5.75 Å². The van der Waals surface area contributed by atoms with Crippen LogP contribution in [0.1, 0.15) is 18.0 Å². The molecule has 0 spiro atoms. The van der Waals surface area contributed by atoms with E-state index in [1.54, 1.807) is 19.2 Å². The van der Waals surface area contributed by atoms with Crippen LogP contribution in [0, 0.1) is 0 Å². The molecule has 0 saturated carbocycles. The molecule has 0 aromatic heterocycles. The fourth-order valence-corrected chi connectivity index (χ4v) is 3.00. The van der Waals surface area contributed by atoms with E-state index in [0.717, 1.165) is 17.0 Å². The fraction of sp³-hybridized carbons (Fsp3) is 0.188. The maximum absolute atomic E-state index is 6.30. The molecule has 2 N–H and O–H groups in total. The van der Waals surface area contributed by atoms with E-state index in [4.69, 9.17) is 33.7 Å². The fourth-order valence-electron chi connectivity index (χ4n) is 2.51. The summed E-state index contributed by atoms with van der Waals surface area (Å²) in [6.45, 7) is 0. The van der Waals surface area contributed by atoms with Crippen molar-refractivity contribution in [2.75, 3.05) is 12.1 Å². The minimum atomic E-state index is 0.00424. The first-order valence-corrected chi connectivity index (χ1v) is 7.55. The highest BCUT2D eigenvalue weighted by Gasteiger charge is 2.29. The van der Waals surface area contributed by atoms with Gasteiger partial charge in [0.1, 0.15) is 11.6 Å². The summed E-state index contributed by atoms with van der Waals surface area (Å²) >= 11 is 12.3. The van der Waals surface area contributed by atoms with Crippen LogP contribution in [0.4, 0.5) is 5.69 Å². The zero-order valence-electron chi connectivity index (χ0n) is 12.0. The maximum atomic E-state index is 6.30. The smallest absolute Gasteiger partial charge is 0.122 e. The second-order valence-electron chi connectivity index (χ2n) is 5.02. The van der Waals surface area contributed by atoms with E-state index in [-0.39, 0.29) is 6.04 Å². The van der Waals surface area contributed by atoms with Crippen molar-refractivity contribution in [2.45, 2.75) is 12.5 Å². The van der Waals surface area contributed by atoms with E-state index in [2.05, 4.69) is 5.10 Å². The lowest BCUT2D eigenvalue weighted by molar-refractivity contribution is 0.414. The monoisotopic (exact) mass is 335 g/mol. The number of benzene rings is 2. The van der Waals surface area contributed by atoms with Crippen molar-refractivity contribution >= 4 is 34.7 Å². The number of methoxy groups -OCH3 is 1. The van der Waals surface area contributed by atoms with Crippen molar-refractivity contribution in [2.24, 2.45) is 10.8 Å². The molecule has 0 fully saturated rings. The Morgan fingerprint density at radius 3 is 2.55 bits per heavy atom. The number of rotatable bonds is 3. The number of halogens is 2. The van der Waals surface area contributed by atoms with Gasteiger partial charge in [-0.05, 0) is 35.9 Å². The van der Waals surface area contributed by atoms with E-state index in [9.17, 15) is 0 Å². The highest BCUT2D eigenvalue weighted by Crippen LogP contribution is 2.39. The number of nitrogens with zero attached hydrogens (tertiary/aromatic N) is 2. The molecule has 0 saturated heterocycles. The van der Waals surface area contributed by atoms with Gasteiger partial charge in [0.15, 0.2) is 0 Å². The van der Waals surface area contributed by atoms with Crippen LogP contribution in [0.2, 0.25) is 10.0 Å². The summed E-state index contributed by atoms with van der Waals surface area (Å²) < 4.78 is 5.19. The Balaban J connectivity index is 1.96. The number of anilines is 1. The third-order valence-corrected chi connectivity index (χ3v) is 4.13. The van der Waals surface area contributed by atoms with Gasteiger partial charge in [-0.3, -0.25) is 5.01 Å². The summed E-state index contributed by atoms with van der Waals surface area (Å²) in [5, 5.41) is 7.40. The second kappa shape index (κ2) is 6.07. The molecule has 1 aliphatic rings. The minimum Gasteiger partial charge on any atom is -0.497 e. The van der Waals surface area contributed by atoms with Crippen molar-refractivity contribution < 1.29 is 4.74 Å². The largest absolute Gasteiger partial charge is 0.497 e. The van der Waals surface area contributed by atoms with E-state index in [1.165, 1.54) is 0 Å². The maximum Gasteiger partial charge on any atom is 0.122 e. The number of nitrogens with two attached hydrogens (primary N) is 1. The first-order chi connectivity index (χ1) is 10.6. The molecule has 1 aliphatic heterocycles. The Kier molecular flexibility index (Phi) is 4.14. The van der Waals surface area contributed by atoms with Crippen molar-refractivity contribution in [1.82, 2.24) is 0 Å². The zero-order chi connectivity index (χ0) is 15.7. The van der Waals surface area contributed by atoms with Crippen LogP contribution in [0.25, 0.3) is 0 Å². The lowest BCUT2D eigenvalue weighted by Gasteiger charge is -2.24. The van der Waals surface area contributed by atoms with Crippen molar-refractivity contribution in [1.29, 1.82) is 0 Å². The molecule has 1 atom stereocenters. The van der Waals surface area contributed by atoms with Gasteiger partial charge in [0.05, 0.1) is 23.9 Å². The topological polar surface area (TPSA) is 50.9 Å². The average molecular weight is 336 g/mol. The van der Waals surface area contributed by atoms with Gasteiger partial charge < -0.3 is 10.5 Å². The number of amidine groups is 1. The number of hydrogen-bond acceptors (Lipinski definition) is 4. The van der Waals surface area contributed by atoms with Crippen LogP contribution in [0.5, 0.6) is 5.75 Å². The molecule has 1 heterocycles. The molecule has 2 aromatic carbocycles. The second-order valence-corrected chi connectivity index (χ2v) is 5.87. The standard InChI is InChI=1S/C16H15Cl2N3O/c1-22-12-5-2-10(3-6-12)15-9-16(19)20-21(15)14-7-4-11(17)8-13(14)18/h2-8,15H,9H2,1H3,(H2,19,20). The highest BCUT2D eigenvalue weighted by molar-refractivity contribution is 6.36. The van der Waals surface area contributed by atoms with Crippen LogP contribution in [-0.4, -0.2) is 12.9 Å². The van der Waals surface area contributed by atoms with Crippen molar-refractivity contribution in [3.05, 3.63) is 58.1 Å². The Bertz CT molecular complexity index is 716. The first kappa shape index (κ1) is 15.0. The Labute approximate surface area is 139 Å². The zero-order valence-corrected chi connectivity index (χ0v) is 13.5. The lowest BCUT2D eigenvalue weighted by atomic mass is 10.0. The molecule has 0 amide bonds. The SMILES string of the molecule is COc1ccc(C2CC(N)=NN2c2ccc(Cl)cc2Cl)cc1. The summed E-state index contributed by atoms with van der Waals surface area (Å²) in [5.74, 6) is 1.39. The molecular formula is C16H15Cl2N3O. The van der Waals surface area contributed by atoms with Crippen LogP contribution >= 0.6 is 23.2 Å². The van der Waals surface area contributed by atoms with Gasteiger partial charge in [-0.25, -0.2) is 0 Å². The summed E-state index contributed by atoms with van der Waals surface area (Å²) in [5.41, 5.74) is 7.82. The summed E-state index contributed by atoms with van der Waals surface area (Å²) in [7, 11) is 1.64. The van der Waals surface area contributed by atoms with Gasteiger partial charge in [-0.2, -0.15) is 5.10 Å². The molecule has 0 aliphatic carbocycles. The van der Waals surface area contributed by atoms with Gasteiger partial charge in [-0.1, -0.05) is 35.3 Å². The quantitative estimate of drug-likeness (QED) is 0.913. The summed E-state index contributed by atoms with van der Waals surface area (Å²) in [6, 6.07) is 13.2. The van der Waals surface area contributed by atoms with Gasteiger partial charge in [0.2, 0.25) is 0 Å². The first-order valence-electron chi connectivity index (χ1n) is 6.79. The van der Waals surface area contributed by atoms with E-state index < -0.39 is 0 Å². The number of hydrazone groups is 1. The molecule has 114 valence electrons. The van der Waals surface area contributed by atoms with Crippen LogP contribution in [0.3, 0.4) is 0 Å².